The van der Waals surface area contributed by atoms with Gasteiger partial charge in [0.25, 0.3) is 11.8 Å². The van der Waals surface area contributed by atoms with E-state index in [4.69, 9.17) is 0 Å². The van der Waals surface area contributed by atoms with Crippen molar-refractivity contribution in [3.8, 4) is 0 Å². The van der Waals surface area contributed by atoms with E-state index in [1.807, 2.05) is 36.4 Å². The van der Waals surface area contributed by atoms with Crippen molar-refractivity contribution in [2.75, 3.05) is 18.9 Å². The summed E-state index contributed by atoms with van der Waals surface area (Å²) < 4.78 is 0. The van der Waals surface area contributed by atoms with Gasteiger partial charge in [0.1, 0.15) is 12.1 Å². The normalized spacial score (nSPS) is 17.9. The zero-order valence-corrected chi connectivity index (χ0v) is 17.6. The van der Waals surface area contributed by atoms with Crippen LogP contribution in [-0.2, 0) is 15.1 Å². The van der Waals surface area contributed by atoms with Gasteiger partial charge in [-0.05, 0) is 41.5 Å². The molecule has 0 aliphatic carbocycles. The first-order valence-electron chi connectivity index (χ1n) is 10.1. The largest absolute Gasteiger partial charge is 0.355 e. The van der Waals surface area contributed by atoms with Gasteiger partial charge in [-0.3, -0.25) is 19.3 Å². The summed E-state index contributed by atoms with van der Waals surface area (Å²) in [4.78, 5) is 51.2. The average molecular weight is 430 g/mol. The van der Waals surface area contributed by atoms with Crippen LogP contribution in [0, 0.1) is 0 Å². The van der Waals surface area contributed by atoms with Crippen LogP contribution in [0.3, 0.4) is 0 Å². The number of rotatable bonds is 5. The maximum Gasteiger partial charge on any atom is 0.325 e. The molecule has 8 nitrogen and oxygen atoms in total. The lowest BCUT2D eigenvalue weighted by Gasteiger charge is -2.24. The van der Waals surface area contributed by atoms with Crippen LogP contribution in [0.2, 0.25) is 0 Å². The first-order valence-corrected chi connectivity index (χ1v) is 10.1. The molecule has 0 spiro atoms. The van der Waals surface area contributed by atoms with Crippen LogP contribution in [0.25, 0.3) is 10.8 Å². The third-order valence-electron chi connectivity index (χ3n) is 5.54. The Labute approximate surface area is 184 Å². The van der Waals surface area contributed by atoms with Crippen LogP contribution < -0.4 is 16.0 Å². The summed E-state index contributed by atoms with van der Waals surface area (Å²) in [6.07, 6.45) is 0. The van der Waals surface area contributed by atoms with Crippen LogP contribution in [0.1, 0.15) is 22.8 Å². The molecule has 3 aromatic carbocycles. The van der Waals surface area contributed by atoms with Crippen LogP contribution in [0.15, 0.2) is 66.7 Å². The predicted octanol–water partition coefficient (Wildman–Crippen LogP) is 2.61. The third-order valence-corrected chi connectivity index (χ3v) is 5.54. The molecule has 1 saturated heterocycles. The van der Waals surface area contributed by atoms with E-state index in [0.29, 0.717) is 16.8 Å². The number of urea groups is 1. The standard InChI is InChI=1S/C24H22N4O4/c1-24(19-12-6-8-15-7-3-4-11-18(15)19)22(31)28(23(32)27-24)14-20(29)26-17-10-5-9-16(13-17)21(30)25-2/h3-13H,14H2,1-2H3,(H,25,30)(H,26,29)(H,27,32). The second-order valence-corrected chi connectivity index (χ2v) is 7.68. The maximum absolute atomic E-state index is 13.3. The molecule has 3 aromatic rings. The minimum Gasteiger partial charge on any atom is -0.355 e. The Morgan fingerprint density at radius 1 is 1.00 bits per heavy atom. The molecular weight excluding hydrogens is 408 g/mol. The highest BCUT2D eigenvalue weighted by atomic mass is 16.2. The van der Waals surface area contributed by atoms with E-state index < -0.39 is 29.9 Å². The molecule has 1 unspecified atom stereocenters. The van der Waals surface area contributed by atoms with Gasteiger partial charge in [-0.25, -0.2) is 4.79 Å². The lowest BCUT2D eigenvalue weighted by Crippen LogP contribution is -2.42. The number of carbonyl (C=O) groups is 4. The molecule has 162 valence electrons. The van der Waals surface area contributed by atoms with Gasteiger partial charge in [-0.2, -0.15) is 0 Å². The van der Waals surface area contributed by atoms with Crippen LogP contribution in [0.5, 0.6) is 0 Å². The number of amides is 5. The van der Waals surface area contributed by atoms with Crippen LogP contribution >= 0.6 is 0 Å². The number of hydrogen-bond donors (Lipinski definition) is 3. The fourth-order valence-corrected chi connectivity index (χ4v) is 3.91. The first kappa shape index (κ1) is 21.0. The van der Waals surface area contributed by atoms with E-state index in [0.717, 1.165) is 15.7 Å². The van der Waals surface area contributed by atoms with Gasteiger partial charge in [-0.15, -0.1) is 0 Å². The van der Waals surface area contributed by atoms with Gasteiger partial charge in [0.2, 0.25) is 5.91 Å². The average Bonchev–Trinajstić information content (AvgIpc) is 3.02. The predicted molar refractivity (Wildman–Crippen MR) is 120 cm³/mol. The van der Waals surface area contributed by atoms with E-state index in [9.17, 15) is 19.2 Å². The Hall–Kier alpha value is -4.20. The van der Waals surface area contributed by atoms with Crippen molar-refractivity contribution in [2.45, 2.75) is 12.5 Å². The second kappa shape index (κ2) is 8.14. The fourth-order valence-electron chi connectivity index (χ4n) is 3.91. The summed E-state index contributed by atoms with van der Waals surface area (Å²) in [6, 6.07) is 18.9. The zero-order valence-electron chi connectivity index (χ0n) is 17.6. The maximum atomic E-state index is 13.3. The molecule has 3 N–H and O–H groups in total. The summed E-state index contributed by atoms with van der Waals surface area (Å²) >= 11 is 0. The molecule has 0 bridgehead atoms. The van der Waals surface area contributed by atoms with Gasteiger partial charge in [-0.1, -0.05) is 48.5 Å². The highest BCUT2D eigenvalue weighted by Crippen LogP contribution is 2.33. The molecule has 1 heterocycles. The Morgan fingerprint density at radius 2 is 1.72 bits per heavy atom. The third kappa shape index (κ3) is 3.66. The Bertz CT molecular complexity index is 1250. The minimum atomic E-state index is -1.29. The molecule has 1 aliphatic rings. The first-order chi connectivity index (χ1) is 15.3. The summed E-state index contributed by atoms with van der Waals surface area (Å²) in [5.74, 6) is -1.35. The van der Waals surface area contributed by atoms with Crippen molar-refractivity contribution in [1.29, 1.82) is 0 Å². The van der Waals surface area contributed by atoms with Crippen molar-refractivity contribution in [3.63, 3.8) is 0 Å². The van der Waals surface area contributed by atoms with Crippen LogP contribution in [-0.4, -0.2) is 42.2 Å². The van der Waals surface area contributed by atoms with Crippen molar-refractivity contribution < 1.29 is 19.2 Å². The molecule has 0 aromatic heterocycles. The molecule has 32 heavy (non-hydrogen) atoms. The van der Waals surface area contributed by atoms with Crippen molar-refractivity contribution in [3.05, 3.63) is 77.9 Å². The Kier molecular flexibility index (Phi) is 5.36. The SMILES string of the molecule is CNC(=O)c1cccc(NC(=O)CN2C(=O)NC(C)(c3cccc4ccccc34)C2=O)c1. The monoisotopic (exact) mass is 430 g/mol. The summed E-state index contributed by atoms with van der Waals surface area (Å²) in [5.41, 5.74) is 0.135. The Morgan fingerprint density at radius 3 is 2.50 bits per heavy atom. The van der Waals surface area contributed by atoms with E-state index in [1.54, 1.807) is 31.2 Å². The lowest BCUT2D eigenvalue weighted by molar-refractivity contribution is -0.133. The van der Waals surface area contributed by atoms with E-state index in [2.05, 4.69) is 16.0 Å². The Balaban J connectivity index is 1.54. The lowest BCUT2D eigenvalue weighted by atomic mass is 9.88. The quantitative estimate of drug-likeness (QED) is 0.541. The number of imide groups is 1. The van der Waals surface area contributed by atoms with Gasteiger partial charge in [0, 0.05) is 18.3 Å². The smallest absolute Gasteiger partial charge is 0.325 e. The highest BCUT2D eigenvalue weighted by Gasteiger charge is 2.50. The number of nitrogens with one attached hydrogen (secondary N) is 3. The highest BCUT2D eigenvalue weighted by molar-refractivity contribution is 6.11. The van der Waals surface area contributed by atoms with Gasteiger partial charge >= 0.3 is 6.03 Å². The number of nitrogens with zero attached hydrogens (tertiary/aromatic N) is 1. The number of benzene rings is 3. The number of hydrogen-bond acceptors (Lipinski definition) is 4. The summed E-state index contributed by atoms with van der Waals surface area (Å²) in [7, 11) is 1.51. The number of carbonyl (C=O) groups excluding carboxylic acids is 4. The number of fused-ring (bicyclic) bond motifs is 1. The molecule has 0 radical (unpaired) electrons. The van der Waals surface area contributed by atoms with Crippen molar-refractivity contribution >= 4 is 40.2 Å². The molecule has 1 atom stereocenters. The van der Waals surface area contributed by atoms with E-state index in [1.165, 1.54) is 13.1 Å². The minimum absolute atomic E-state index is 0.291. The van der Waals surface area contributed by atoms with Crippen LogP contribution in [0.4, 0.5) is 10.5 Å². The molecular formula is C24H22N4O4. The molecule has 0 saturated carbocycles. The van der Waals surface area contributed by atoms with Crippen molar-refractivity contribution in [1.82, 2.24) is 15.5 Å². The van der Waals surface area contributed by atoms with E-state index in [-0.39, 0.29) is 5.91 Å². The molecule has 1 fully saturated rings. The van der Waals surface area contributed by atoms with Gasteiger partial charge < -0.3 is 16.0 Å². The van der Waals surface area contributed by atoms with E-state index >= 15 is 0 Å². The zero-order chi connectivity index (χ0) is 22.9. The molecule has 1 aliphatic heterocycles. The van der Waals surface area contributed by atoms with Gasteiger partial charge in [0.15, 0.2) is 0 Å². The number of anilines is 1. The summed E-state index contributed by atoms with van der Waals surface area (Å²) in [5, 5.41) is 9.68. The fraction of sp³-hybridized carbons (Fsp3) is 0.167. The second-order valence-electron chi connectivity index (χ2n) is 7.68. The molecule has 5 amide bonds. The van der Waals surface area contributed by atoms with Gasteiger partial charge in [0.05, 0.1) is 0 Å². The molecule has 8 heteroatoms. The molecule has 4 rings (SSSR count). The van der Waals surface area contributed by atoms with Crippen molar-refractivity contribution in [2.24, 2.45) is 0 Å². The topological polar surface area (TPSA) is 108 Å². The summed E-state index contributed by atoms with van der Waals surface area (Å²) in [6.45, 7) is 1.19.